The lowest BCUT2D eigenvalue weighted by Crippen LogP contribution is -2.25. The Kier molecular flexibility index (Phi) is 7.38. The van der Waals surface area contributed by atoms with Crippen LogP contribution in [-0.2, 0) is 9.53 Å². The average Bonchev–Trinajstić information content (AvgIpc) is 3.15. The molecule has 0 amide bonds. The van der Waals surface area contributed by atoms with Gasteiger partial charge in [-0.05, 0) is 55.7 Å². The summed E-state index contributed by atoms with van der Waals surface area (Å²) in [6.45, 7) is 10.8. The minimum atomic E-state index is -0.336. The van der Waals surface area contributed by atoms with Crippen molar-refractivity contribution in [3.05, 3.63) is 77.5 Å². The van der Waals surface area contributed by atoms with Crippen LogP contribution in [0.5, 0.6) is 0 Å². The van der Waals surface area contributed by atoms with E-state index in [9.17, 15) is 4.79 Å². The third-order valence-electron chi connectivity index (χ3n) is 5.36. The standard InChI is InChI=1S/C24H32N2O2/c1-18(8-7-9-19(2)16-23(27)28-6)10-11-21-20(3)22(12-13-24(21,4)5)26-15-14-25-17-26/h7-11,14-17,22H,12-13H2,1-6H3/b9-7+,11-10+,18-8+,19-16+/t22-/m1/s1. The highest BCUT2D eigenvalue weighted by Gasteiger charge is 2.32. The minimum absolute atomic E-state index is 0.160. The van der Waals surface area contributed by atoms with E-state index in [-0.39, 0.29) is 11.4 Å². The van der Waals surface area contributed by atoms with Gasteiger partial charge in [0.25, 0.3) is 0 Å². The molecule has 1 aromatic heterocycles. The monoisotopic (exact) mass is 380 g/mol. The number of ether oxygens (including phenoxy) is 1. The Bertz CT molecular complexity index is 834. The maximum absolute atomic E-state index is 11.2. The number of hydrogen-bond donors (Lipinski definition) is 0. The molecule has 0 unspecified atom stereocenters. The second-order valence-corrected chi connectivity index (χ2v) is 8.06. The fourth-order valence-electron chi connectivity index (χ4n) is 3.66. The van der Waals surface area contributed by atoms with E-state index in [0.717, 1.165) is 24.0 Å². The molecule has 0 saturated heterocycles. The van der Waals surface area contributed by atoms with Gasteiger partial charge in [-0.2, -0.15) is 0 Å². The molecule has 4 heteroatoms. The molecule has 1 atom stereocenters. The van der Waals surface area contributed by atoms with Gasteiger partial charge in [0, 0.05) is 18.5 Å². The highest BCUT2D eigenvalue weighted by Crippen LogP contribution is 2.45. The molecule has 0 bridgehead atoms. The molecule has 1 aliphatic carbocycles. The smallest absolute Gasteiger partial charge is 0.330 e. The molecule has 1 heterocycles. The first kappa shape index (κ1) is 21.7. The largest absolute Gasteiger partial charge is 0.466 e. The number of aromatic nitrogens is 2. The number of allylic oxidation sites excluding steroid dienone is 9. The van der Waals surface area contributed by atoms with Gasteiger partial charge in [0.2, 0.25) is 0 Å². The summed E-state index contributed by atoms with van der Waals surface area (Å²) < 4.78 is 6.84. The Morgan fingerprint density at radius 2 is 2.04 bits per heavy atom. The summed E-state index contributed by atoms with van der Waals surface area (Å²) in [4.78, 5) is 15.4. The van der Waals surface area contributed by atoms with E-state index in [1.54, 1.807) is 0 Å². The Labute approximate surface area is 169 Å². The third-order valence-corrected chi connectivity index (χ3v) is 5.36. The summed E-state index contributed by atoms with van der Waals surface area (Å²) >= 11 is 0. The Hall–Kier alpha value is -2.62. The molecule has 0 aliphatic heterocycles. The molecule has 0 N–H and O–H groups in total. The number of methoxy groups -OCH3 is 1. The molecule has 2 rings (SSSR count). The molecule has 28 heavy (non-hydrogen) atoms. The summed E-state index contributed by atoms with van der Waals surface area (Å²) in [6.07, 6.45) is 19.9. The molecule has 1 aliphatic rings. The van der Waals surface area contributed by atoms with E-state index in [2.05, 4.69) is 54.1 Å². The predicted molar refractivity (Wildman–Crippen MR) is 115 cm³/mol. The highest BCUT2D eigenvalue weighted by molar-refractivity contribution is 5.83. The summed E-state index contributed by atoms with van der Waals surface area (Å²) in [5.74, 6) is -0.336. The van der Waals surface area contributed by atoms with Gasteiger partial charge in [0.1, 0.15) is 0 Å². The fraction of sp³-hybridized carbons (Fsp3) is 0.417. The lowest BCUT2D eigenvalue weighted by Gasteiger charge is -2.37. The minimum Gasteiger partial charge on any atom is -0.466 e. The van der Waals surface area contributed by atoms with Crippen LogP contribution in [0.3, 0.4) is 0 Å². The van der Waals surface area contributed by atoms with Gasteiger partial charge >= 0.3 is 5.97 Å². The molecule has 0 aromatic carbocycles. The zero-order valence-corrected chi connectivity index (χ0v) is 17.9. The van der Waals surface area contributed by atoms with Crippen LogP contribution < -0.4 is 0 Å². The zero-order chi connectivity index (χ0) is 20.7. The quantitative estimate of drug-likeness (QED) is 0.359. The van der Waals surface area contributed by atoms with Crippen LogP contribution in [0.15, 0.2) is 77.5 Å². The van der Waals surface area contributed by atoms with Crippen LogP contribution in [0, 0.1) is 5.41 Å². The average molecular weight is 381 g/mol. The summed E-state index contributed by atoms with van der Waals surface area (Å²) in [5, 5.41) is 0. The topological polar surface area (TPSA) is 44.1 Å². The van der Waals surface area contributed by atoms with Crippen molar-refractivity contribution in [2.45, 2.75) is 53.5 Å². The molecular weight excluding hydrogens is 348 g/mol. The number of esters is 1. The predicted octanol–water partition coefficient (Wildman–Crippen LogP) is 5.74. The van der Waals surface area contributed by atoms with E-state index >= 15 is 0 Å². The normalized spacial score (nSPS) is 21.0. The summed E-state index contributed by atoms with van der Waals surface area (Å²) in [7, 11) is 1.38. The number of nitrogens with zero attached hydrogens (tertiary/aromatic N) is 2. The molecule has 0 saturated carbocycles. The van der Waals surface area contributed by atoms with Crippen LogP contribution >= 0.6 is 0 Å². The van der Waals surface area contributed by atoms with Crippen LogP contribution in [-0.4, -0.2) is 22.6 Å². The molecule has 0 radical (unpaired) electrons. The van der Waals surface area contributed by atoms with Gasteiger partial charge in [-0.1, -0.05) is 49.8 Å². The second kappa shape index (κ2) is 9.54. The first-order chi connectivity index (χ1) is 13.2. The maximum Gasteiger partial charge on any atom is 0.330 e. The zero-order valence-electron chi connectivity index (χ0n) is 17.9. The number of rotatable bonds is 6. The first-order valence-electron chi connectivity index (χ1n) is 9.72. The second-order valence-electron chi connectivity index (χ2n) is 8.06. The third kappa shape index (κ3) is 5.69. The van der Waals surface area contributed by atoms with E-state index in [1.165, 1.54) is 24.3 Å². The molecule has 150 valence electrons. The molecule has 1 aromatic rings. The SMILES string of the molecule is COC(=O)/C=C(C)/C=C/C=C(C)/C=C/C1=C(C)[C@H](n2ccnc2)CCC1(C)C. The van der Waals surface area contributed by atoms with Gasteiger partial charge < -0.3 is 9.30 Å². The van der Waals surface area contributed by atoms with Gasteiger partial charge in [-0.15, -0.1) is 0 Å². The number of carbonyl (C=O) groups is 1. The Morgan fingerprint density at radius 1 is 1.29 bits per heavy atom. The van der Waals surface area contributed by atoms with E-state index in [1.807, 2.05) is 43.9 Å². The van der Waals surface area contributed by atoms with Gasteiger partial charge in [-0.3, -0.25) is 0 Å². The van der Waals surface area contributed by atoms with Gasteiger partial charge in [0.15, 0.2) is 0 Å². The van der Waals surface area contributed by atoms with E-state index < -0.39 is 0 Å². The summed E-state index contributed by atoms with van der Waals surface area (Å²) in [5.41, 5.74) is 4.98. The number of hydrogen-bond acceptors (Lipinski definition) is 3. The van der Waals surface area contributed by atoms with E-state index in [4.69, 9.17) is 0 Å². The van der Waals surface area contributed by atoms with Crippen molar-refractivity contribution < 1.29 is 9.53 Å². The van der Waals surface area contributed by atoms with Crippen LogP contribution in [0.4, 0.5) is 0 Å². The molecular formula is C24H32N2O2. The van der Waals surface area contributed by atoms with E-state index in [0.29, 0.717) is 6.04 Å². The lowest BCUT2D eigenvalue weighted by atomic mass is 9.71. The Balaban J connectivity index is 2.18. The van der Waals surface area contributed by atoms with Gasteiger partial charge in [-0.25, -0.2) is 9.78 Å². The molecule has 4 nitrogen and oxygen atoms in total. The van der Waals surface area contributed by atoms with Crippen LogP contribution in [0.2, 0.25) is 0 Å². The highest BCUT2D eigenvalue weighted by atomic mass is 16.5. The maximum atomic E-state index is 11.2. The van der Waals surface area contributed by atoms with Crippen molar-refractivity contribution in [1.29, 1.82) is 0 Å². The van der Waals surface area contributed by atoms with Crippen LogP contribution in [0.1, 0.15) is 53.5 Å². The fourth-order valence-corrected chi connectivity index (χ4v) is 3.66. The van der Waals surface area contributed by atoms with Crippen molar-refractivity contribution in [2.24, 2.45) is 5.41 Å². The van der Waals surface area contributed by atoms with Crippen molar-refractivity contribution in [3.63, 3.8) is 0 Å². The molecule has 0 spiro atoms. The van der Waals surface area contributed by atoms with Gasteiger partial charge in [0.05, 0.1) is 19.5 Å². The van der Waals surface area contributed by atoms with Crippen molar-refractivity contribution in [2.75, 3.05) is 7.11 Å². The summed E-state index contributed by atoms with van der Waals surface area (Å²) in [6, 6.07) is 0.380. The van der Waals surface area contributed by atoms with Crippen molar-refractivity contribution in [3.8, 4) is 0 Å². The number of imidazole rings is 1. The van der Waals surface area contributed by atoms with Crippen molar-refractivity contribution in [1.82, 2.24) is 9.55 Å². The van der Waals surface area contributed by atoms with Crippen molar-refractivity contribution >= 4 is 5.97 Å². The number of carbonyl (C=O) groups excluding carboxylic acids is 1. The Morgan fingerprint density at radius 3 is 2.68 bits per heavy atom. The van der Waals surface area contributed by atoms with Crippen LogP contribution in [0.25, 0.3) is 0 Å². The molecule has 0 fully saturated rings. The first-order valence-corrected chi connectivity index (χ1v) is 9.72. The lowest BCUT2D eigenvalue weighted by molar-refractivity contribution is -0.134.